The van der Waals surface area contributed by atoms with Gasteiger partial charge in [0.05, 0.1) is 18.1 Å². The molecule has 20 heavy (non-hydrogen) atoms. The lowest BCUT2D eigenvalue weighted by molar-refractivity contribution is 0.237. The molecule has 2 N–H and O–H groups in total. The van der Waals surface area contributed by atoms with E-state index in [9.17, 15) is 13.2 Å². The second kappa shape index (κ2) is 5.04. The monoisotopic (exact) mass is 299 g/mol. The van der Waals surface area contributed by atoms with Gasteiger partial charge in [0.1, 0.15) is 5.82 Å². The fourth-order valence-corrected chi connectivity index (χ4v) is 4.32. The summed E-state index contributed by atoms with van der Waals surface area (Å²) in [6.07, 6.45) is 2.47. The number of rotatable bonds is 3. The molecule has 8 nitrogen and oxygen atoms in total. The van der Waals surface area contributed by atoms with Crippen molar-refractivity contribution in [3.05, 3.63) is 11.6 Å². The zero-order valence-corrected chi connectivity index (χ0v) is 11.8. The highest BCUT2D eigenvalue weighted by molar-refractivity contribution is 7.91. The van der Waals surface area contributed by atoms with E-state index < -0.39 is 9.84 Å². The third kappa shape index (κ3) is 2.77. The van der Waals surface area contributed by atoms with Crippen LogP contribution < -0.4 is 10.6 Å². The molecule has 1 aromatic heterocycles. The maximum absolute atomic E-state index is 11.7. The van der Waals surface area contributed by atoms with Gasteiger partial charge in [0.25, 0.3) is 0 Å². The van der Waals surface area contributed by atoms with E-state index in [0.29, 0.717) is 13.0 Å². The van der Waals surface area contributed by atoms with Gasteiger partial charge in [-0.05, 0) is 12.8 Å². The van der Waals surface area contributed by atoms with Crippen molar-refractivity contribution in [1.29, 1.82) is 0 Å². The molecule has 0 saturated carbocycles. The normalized spacial score (nSPS) is 23.5. The molecule has 1 fully saturated rings. The van der Waals surface area contributed by atoms with Crippen molar-refractivity contribution in [2.24, 2.45) is 0 Å². The molecule has 0 bridgehead atoms. The number of hydrogen-bond acceptors (Lipinski definition) is 5. The molecule has 0 unspecified atom stereocenters. The summed E-state index contributed by atoms with van der Waals surface area (Å²) in [6, 6.07) is -0.647. The number of aromatic nitrogens is 3. The minimum absolute atomic E-state index is 0.0285. The van der Waals surface area contributed by atoms with E-state index in [1.165, 1.54) is 0 Å². The Morgan fingerprint density at radius 1 is 1.40 bits per heavy atom. The van der Waals surface area contributed by atoms with E-state index in [4.69, 9.17) is 0 Å². The van der Waals surface area contributed by atoms with Crippen LogP contribution in [0.15, 0.2) is 0 Å². The maximum Gasteiger partial charge on any atom is 0.315 e. The number of sulfone groups is 1. The third-order valence-electron chi connectivity index (χ3n) is 3.66. The number of amides is 2. The van der Waals surface area contributed by atoms with Crippen LogP contribution in [0.2, 0.25) is 0 Å². The summed E-state index contributed by atoms with van der Waals surface area (Å²) in [4.78, 5) is 11.7. The molecule has 1 aromatic rings. The average molecular weight is 299 g/mol. The molecule has 3 heterocycles. The molecule has 0 aliphatic carbocycles. The SMILES string of the molecule is O=C(NCc1nnc2n1CCC2)N[C@H]1CCS(=O)(=O)C1. The Balaban J connectivity index is 1.50. The topological polar surface area (TPSA) is 106 Å². The van der Waals surface area contributed by atoms with Crippen molar-refractivity contribution in [1.82, 2.24) is 25.4 Å². The molecule has 1 atom stereocenters. The molecular weight excluding hydrogens is 282 g/mol. The number of carbonyl (C=O) groups excluding carboxylic acids is 1. The Kier molecular flexibility index (Phi) is 3.36. The molecule has 9 heteroatoms. The first-order valence-corrected chi connectivity index (χ1v) is 8.51. The van der Waals surface area contributed by atoms with E-state index in [1.54, 1.807) is 0 Å². The highest BCUT2D eigenvalue weighted by Crippen LogP contribution is 2.14. The number of nitrogens with zero attached hydrogens (tertiary/aromatic N) is 3. The van der Waals surface area contributed by atoms with Gasteiger partial charge in [-0.1, -0.05) is 0 Å². The number of carbonyl (C=O) groups is 1. The molecule has 3 rings (SSSR count). The largest absolute Gasteiger partial charge is 0.334 e. The summed E-state index contributed by atoms with van der Waals surface area (Å²) in [6.45, 7) is 1.19. The lowest BCUT2D eigenvalue weighted by Gasteiger charge is -2.11. The van der Waals surface area contributed by atoms with Gasteiger partial charge < -0.3 is 15.2 Å². The van der Waals surface area contributed by atoms with Crippen LogP contribution in [-0.4, -0.2) is 46.8 Å². The minimum atomic E-state index is -2.98. The predicted octanol–water partition coefficient (Wildman–Crippen LogP) is -0.789. The molecule has 2 aliphatic heterocycles. The summed E-state index contributed by atoms with van der Waals surface area (Å²) < 4.78 is 24.6. The van der Waals surface area contributed by atoms with Crippen LogP contribution in [0, 0.1) is 0 Å². The predicted molar refractivity (Wildman–Crippen MR) is 70.8 cm³/mol. The number of hydrogen-bond donors (Lipinski definition) is 2. The van der Waals surface area contributed by atoms with Crippen molar-refractivity contribution in [2.75, 3.05) is 11.5 Å². The molecule has 2 amide bonds. The van der Waals surface area contributed by atoms with E-state index in [0.717, 1.165) is 31.0 Å². The Labute approximate surface area is 116 Å². The second-order valence-corrected chi connectivity index (χ2v) is 7.44. The molecule has 1 saturated heterocycles. The average Bonchev–Trinajstić information content (AvgIpc) is 3.03. The highest BCUT2D eigenvalue weighted by Gasteiger charge is 2.29. The molecule has 2 aliphatic rings. The zero-order valence-electron chi connectivity index (χ0n) is 11.0. The van der Waals surface area contributed by atoms with E-state index >= 15 is 0 Å². The quantitative estimate of drug-likeness (QED) is 0.761. The summed E-state index contributed by atoms with van der Waals surface area (Å²) in [5.41, 5.74) is 0. The van der Waals surface area contributed by atoms with E-state index in [2.05, 4.69) is 20.8 Å². The lowest BCUT2D eigenvalue weighted by Crippen LogP contribution is -2.42. The number of fused-ring (bicyclic) bond motifs is 1. The van der Waals surface area contributed by atoms with Gasteiger partial charge in [0, 0.05) is 19.0 Å². The number of aryl methyl sites for hydroxylation is 1. The van der Waals surface area contributed by atoms with Gasteiger partial charge in [0.2, 0.25) is 0 Å². The van der Waals surface area contributed by atoms with Gasteiger partial charge in [-0.3, -0.25) is 0 Å². The smallest absolute Gasteiger partial charge is 0.315 e. The highest BCUT2D eigenvalue weighted by atomic mass is 32.2. The van der Waals surface area contributed by atoms with Gasteiger partial charge in [0.15, 0.2) is 15.7 Å². The molecule has 0 radical (unpaired) electrons. The summed E-state index contributed by atoms with van der Waals surface area (Å²) >= 11 is 0. The standard InChI is InChI=1S/C11H17N5O3S/c17-11(13-8-3-5-20(18,19)7-8)12-6-10-15-14-9-2-1-4-16(9)10/h8H,1-7H2,(H2,12,13,17)/t8-/m0/s1. The maximum atomic E-state index is 11.7. The van der Waals surface area contributed by atoms with Crippen LogP contribution in [0.5, 0.6) is 0 Å². The van der Waals surface area contributed by atoms with Crippen LogP contribution in [0.25, 0.3) is 0 Å². The Hall–Kier alpha value is -1.64. The molecular formula is C11H17N5O3S. The lowest BCUT2D eigenvalue weighted by atomic mass is 10.3. The van der Waals surface area contributed by atoms with E-state index in [1.807, 2.05) is 4.57 Å². The molecule has 0 aromatic carbocycles. The first kappa shape index (κ1) is 13.3. The third-order valence-corrected chi connectivity index (χ3v) is 5.43. The zero-order chi connectivity index (χ0) is 14.2. The van der Waals surface area contributed by atoms with Gasteiger partial charge >= 0.3 is 6.03 Å². The van der Waals surface area contributed by atoms with Crippen LogP contribution in [0.4, 0.5) is 4.79 Å². The van der Waals surface area contributed by atoms with Gasteiger partial charge in [-0.15, -0.1) is 10.2 Å². The van der Waals surface area contributed by atoms with Gasteiger partial charge in [-0.2, -0.15) is 0 Å². The van der Waals surface area contributed by atoms with E-state index in [-0.39, 0.29) is 23.6 Å². The van der Waals surface area contributed by atoms with Crippen LogP contribution in [0.3, 0.4) is 0 Å². The number of urea groups is 1. The molecule has 0 spiro atoms. The number of nitrogens with one attached hydrogen (secondary N) is 2. The fraction of sp³-hybridized carbons (Fsp3) is 0.727. The minimum Gasteiger partial charge on any atom is -0.334 e. The van der Waals surface area contributed by atoms with Gasteiger partial charge in [-0.25, -0.2) is 13.2 Å². The van der Waals surface area contributed by atoms with Crippen molar-refractivity contribution >= 4 is 15.9 Å². The Morgan fingerprint density at radius 3 is 3.00 bits per heavy atom. The fourth-order valence-electron chi connectivity index (χ4n) is 2.65. The summed E-state index contributed by atoms with van der Waals surface area (Å²) in [7, 11) is -2.98. The second-order valence-electron chi connectivity index (χ2n) is 5.21. The van der Waals surface area contributed by atoms with Crippen LogP contribution in [0.1, 0.15) is 24.5 Å². The van der Waals surface area contributed by atoms with Crippen molar-refractivity contribution in [3.63, 3.8) is 0 Å². The summed E-state index contributed by atoms with van der Waals surface area (Å²) in [5.74, 6) is 1.88. The first-order chi connectivity index (χ1) is 9.53. The van der Waals surface area contributed by atoms with Crippen molar-refractivity contribution in [2.45, 2.75) is 38.4 Å². The van der Waals surface area contributed by atoms with Crippen molar-refractivity contribution < 1.29 is 13.2 Å². The van der Waals surface area contributed by atoms with Crippen LogP contribution >= 0.6 is 0 Å². The van der Waals surface area contributed by atoms with Crippen LogP contribution in [-0.2, 0) is 29.3 Å². The Morgan fingerprint density at radius 2 is 2.25 bits per heavy atom. The molecule has 110 valence electrons. The first-order valence-electron chi connectivity index (χ1n) is 6.69. The Bertz CT molecular complexity index is 624. The summed E-state index contributed by atoms with van der Waals surface area (Å²) in [5, 5.41) is 13.5. The van der Waals surface area contributed by atoms with Crippen molar-refractivity contribution in [3.8, 4) is 0 Å².